The van der Waals surface area contributed by atoms with E-state index < -0.39 is 0 Å². The smallest absolute Gasteiger partial charge is 0.197 e. The van der Waals surface area contributed by atoms with Crippen molar-refractivity contribution in [3.8, 4) is 0 Å². The molecule has 0 aliphatic rings. The van der Waals surface area contributed by atoms with E-state index in [0.29, 0.717) is 16.1 Å². The Morgan fingerprint density at radius 3 is 1.96 bits per heavy atom. The van der Waals surface area contributed by atoms with E-state index in [-0.39, 0.29) is 0 Å². The summed E-state index contributed by atoms with van der Waals surface area (Å²) in [5.41, 5.74) is 7.25. The number of hydrogen-bond acceptors (Lipinski definition) is 2. The minimum Gasteiger partial charge on any atom is -0.348 e. The van der Waals surface area contributed by atoms with Crippen LogP contribution in [0.25, 0.3) is 0 Å². The van der Waals surface area contributed by atoms with Crippen LogP contribution in [0.15, 0.2) is 35.3 Å². The number of amidine groups is 1. The maximum Gasteiger partial charge on any atom is 0.197 e. The molecule has 2 N–H and O–H groups in total. The average molecular weight is 394 g/mol. The Labute approximate surface area is 168 Å². The fourth-order valence-electron chi connectivity index (χ4n) is 2.47. The molecule has 0 bridgehead atoms. The van der Waals surface area contributed by atoms with E-state index in [0.717, 1.165) is 44.6 Å². The Bertz CT molecular complexity index is 579. The standard InChI is InChI=1S/C19H31N5S2/c1-5-14-24(15-6-2)19(26)22-21-17(16-12-10-9-11-13-16)20-18(25)23(7-3)8-4/h9-13H,5-8,14-15H2,1-4H3,(H,22,26)(H,20,21,25). The SMILES string of the molecule is CCCN(CCC)C(=S)NN/C(=N/C(=S)N(CC)CC)c1ccccc1. The topological polar surface area (TPSA) is 42.9 Å². The highest BCUT2D eigenvalue weighted by molar-refractivity contribution is 7.80. The molecule has 0 aliphatic heterocycles. The lowest BCUT2D eigenvalue weighted by molar-refractivity contribution is 0.407. The third-order valence-corrected chi connectivity index (χ3v) is 4.56. The van der Waals surface area contributed by atoms with Gasteiger partial charge in [-0.3, -0.25) is 10.9 Å². The molecule has 5 nitrogen and oxygen atoms in total. The molecule has 0 amide bonds. The van der Waals surface area contributed by atoms with Crippen LogP contribution in [0.2, 0.25) is 0 Å². The van der Waals surface area contributed by atoms with E-state index in [2.05, 4.69) is 48.4 Å². The third kappa shape index (κ3) is 7.25. The zero-order chi connectivity index (χ0) is 19.4. The minimum absolute atomic E-state index is 0.563. The predicted octanol–water partition coefficient (Wildman–Crippen LogP) is 3.56. The Balaban J connectivity index is 2.93. The molecule has 0 atom stereocenters. The van der Waals surface area contributed by atoms with Gasteiger partial charge in [0.15, 0.2) is 16.1 Å². The van der Waals surface area contributed by atoms with Gasteiger partial charge in [0.05, 0.1) is 0 Å². The molecule has 1 rings (SSSR count). The van der Waals surface area contributed by atoms with Crippen LogP contribution in [0.4, 0.5) is 0 Å². The molecule has 1 aromatic carbocycles. The van der Waals surface area contributed by atoms with Crippen molar-refractivity contribution >= 4 is 40.5 Å². The van der Waals surface area contributed by atoms with Gasteiger partial charge in [0.1, 0.15) is 0 Å². The van der Waals surface area contributed by atoms with E-state index in [1.54, 1.807) is 0 Å². The summed E-state index contributed by atoms with van der Waals surface area (Å²) in [4.78, 5) is 8.84. The number of benzene rings is 1. The van der Waals surface area contributed by atoms with E-state index in [4.69, 9.17) is 24.4 Å². The zero-order valence-electron chi connectivity index (χ0n) is 16.3. The monoisotopic (exact) mass is 393 g/mol. The van der Waals surface area contributed by atoms with Gasteiger partial charge in [-0.15, -0.1) is 0 Å². The summed E-state index contributed by atoms with van der Waals surface area (Å²) >= 11 is 11.0. The Morgan fingerprint density at radius 2 is 1.46 bits per heavy atom. The van der Waals surface area contributed by atoms with Crippen molar-refractivity contribution in [2.24, 2.45) is 4.99 Å². The molecule has 0 spiro atoms. The molecular formula is C19H31N5S2. The molecule has 0 unspecified atom stereocenters. The van der Waals surface area contributed by atoms with Crippen molar-refractivity contribution in [3.05, 3.63) is 35.9 Å². The van der Waals surface area contributed by atoms with Crippen molar-refractivity contribution in [2.75, 3.05) is 26.2 Å². The van der Waals surface area contributed by atoms with Crippen molar-refractivity contribution in [1.29, 1.82) is 0 Å². The lowest BCUT2D eigenvalue weighted by Gasteiger charge is -2.26. The molecule has 0 saturated heterocycles. The molecule has 0 saturated carbocycles. The molecule has 0 radical (unpaired) electrons. The molecular weight excluding hydrogens is 362 g/mol. The predicted molar refractivity (Wildman–Crippen MR) is 120 cm³/mol. The van der Waals surface area contributed by atoms with Crippen LogP contribution in [-0.4, -0.2) is 52.0 Å². The van der Waals surface area contributed by atoms with Crippen LogP contribution in [0, 0.1) is 0 Å². The number of hydrazine groups is 1. The van der Waals surface area contributed by atoms with Gasteiger partial charge in [0, 0.05) is 31.7 Å². The van der Waals surface area contributed by atoms with Crippen LogP contribution < -0.4 is 10.9 Å². The first-order valence-electron chi connectivity index (χ1n) is 9.31. The van der Waals surface area contributed by atoms with Crippen molar-refractivity contribution in [1.82, 2.24) is 20.7 Å². The summed E-state index contributed by atoms with van der Waals surface area (Å²) in [6, 6.07) is 9.93. The first-order chi connectivity index (χ1) is 12.6. The normalized spacial score (nSPS) is 11.0. The Morgan fingerprint density at radius 1 is 0.885 bits per heavy atom. The van der Waals surface area contributed by atoms with E-state index in [9.17, 15) is 0 Å². The lowest BCUT2D eigenvalue weighted by atomic mass is 10.2. The fraction of sp³-hybridized carbons (Fsp3) is 0.526. The second-order valence-electron chi connectivity index (χ2n) is 5.82. The van der Waals surface area contributed by atoms with Gasteiger partial charge >= 0.3 is 0 Å². The maximum atomic E-state index is 5.54. The van der Waals surface area contributed by atoms with E-state index in [1.165, 1.54) is 0 Å². The van der Waals surface area contributed by atoms with Crippen molar-refractivity contribution < 1.29 is 0 Å². The highest BCUT2D eigenvalue weighted by Gasteiger charge is 2.11. The molecule has 26 heavy (non-hydrogen) atoms. The molecule has 1 aromatic rings. The van der Waals surface area contributed by atoms with Gasteiger partial charge in [0.25, 0.3) is 0 Å². The van der Waals surface area contributed by atoms with Gasteiger partial charge < -0.3 is 9.80 Å². The van der Waals surface area contributed by atoms with Crippen LogP contribution in [-0.2, 0) is 0 Å². The summed E-state index contributed by atoms with van der Waals surface area (Å²) in [5, 5.41) is 1.24. The Hall–Kier alpha value is -1.73. The van der Waals surface area contributed by atoms with Crippen LogP contribution >= 0.6 is 24.4 Å². The quantitative estimate of drug-likeness (QED) is 0.320. The first kappa shape index (κ1) is 22.3. The minimum atomic E-state index is 0.563. The van der Waals surface area contributed by atoms with Gasteiger partial charge in [-0.1, -0.05) is 44.2 Å². The van der Waals surface area contributed by atoms with Crippen LogP contribution in [0.3, 0.4) is 0 Å². The lowest BCUT2D eigenvalue weighted by Crippen LogP contribution is -2.49. The average Bonchev–Trinajstić information content (AvgIpc) is 2.66. The van der Waals surface area contributed by atoms with Crippen molar-refractivity contribution in [2.45, 2.75) is 40.5 Å². The number of nitrogens with one attached hydrogen (secondary N) is 2. The van der Waals surface area contributed by atoms with Gasteiger partial charge in [0.2, 0.25) is 0 Å². The molecule has 7 heteroatoms. The fourth-order valence-corrected chi connectivity index (χ4v) is 3.05. The van der Waals surface area contributed by atoms with Gasteiger partial charge in [-0.25, -0.2) is 4.99 Å². The van der Waals surface area contributed by atoms with E-state index >= 15 is 0 Å². The number of nitrogens with zero attached hydrogens (tertiary/aromatic N) is 3. The summed E-state index contributed by atoms with van der Waals surface area (Å²) in [6.07, 6.45) is 2.10. The van der Waals surface area contributed by atoms with E-state index in [1.807, 2.05) is 35.2 Å². The highest BCUT2D eigenvalue weighted by Crippen LogP contribution is 2.03. The summed E-state index contributed by atoms with van der Waals surface area (Å²) in [5.74, 6) is 0.665. The second-order valence-corrected chi connectivity index (χ2v) is 6.58. The number of rotatable bonds is 7. The maximum absolute atomic E-state index is 5.54. The summed E-state index contributed by atoms with van der Waals surface area (Å²) in [6.45, 7) is 12.0. The van der Waals surface area contributed by atoms with Gasteiger partial charge in [-0.05, 0) is 51.1 Å². The van der Waals surface area contributed by atoms with Crippen molar-refractivity contribution in [3.63, 3.8) is 0 Å². The zero-order valence-corrected chi connectivity index (χ0v) is 17.9. The number of aliphatic imine (C=N–C) groups is 1. The first-order valence-corrected chi connectivity index (χ1v) is 10.1. The van der Waals surface area contributed by atoms with Crippen LogP contribution in [0.5, 0.6) is 0 Å². The molecule has 0 aliphatic carbocycles. The summed E-state index contributed by atoms with van der Waals surface area (Å²) in [7, 11) is 0. The highest BCUT2D eigenvalue weighted by atomic mass is 32.1. The third-order valence-electron chi connectivity index (χ3n) is 3.85. The molecule has 0 fully saturated rings. The largest absolute Gasteiger partial charge is 0.348 e. The Kier molecular flexibility index (Phi) is 10.8. The summed E-state index contributed by atoms with van der Waals surface area (Å²) < 4.78 is 0. The molecule has 0 heterocycles. The number of thiocarbonyl (C=S) groups is 2. The second kappa shape index (κ2) is 12.6. The van der Waals surface area contributed by atoms with Crippen LogP contribution in [0.1, 0.15) is 46.1 Å². The number of hydrogen-bond donors (Lipinski definition) is 2. The molecule has 144 valence electrons. The molecule has 0 aromatic heterocycles. The van der Waals surface area contributed by atoms with Gasteiger partial charge in [-0.2, -0.15) is 0 Å².